The van der Waals surface area contributed by atoms with Crippen LogP contribution in [0.2, 0.25) is 0 Å². The second-order valence-electron chi connectivity index (χ2n) is 3.09. The largest absolute Gasteiger partial charge is 0.423 e. The van der Waals surface area contributed by atoms with Crippen LogP contribution < -0.4 is 4.90 Å². The lowest BCUT2D eigenvalue weighted by Crippen LogP contribution is -2.20. The number of hydrogen-bond acceptors (Lipinski definition) is 3. The molecule has 0 N–H and O–H groups in total. The SMILES string of the molecule is CN(CC[O])c1nc2ccccc2o1. The van der Waals surface area contributed by atoms with Gasteiger partial charge in [-0.15, -0.1) is 0 Å². The number of hydrogen-bond donors (Lipinski definition) is 0. The van der Waals surface area contributed by atoms with Gasteiger partial charge in [-0.05, 0) is 12.1 Å². The summed E-state index contributed by atoms with van der Waals surface area (Å²) in [5.41, 5.74) is 1.57. The molecule has 0 unspecified atom stereocenters. The second-order valence-corrected chi connectivity index (χ2v) is 3.09. The van der Waals surface area contributed by atoms with Crippen LogP contribution in [0.15, 0.2) is 28.7 Å². The molecule has 4 heteroatoms. The average Bonchev–Trinajstić information content (AvgIpc) is 2.61. The number of nitrogens with zero attached hydrogens (tertiary/aromatic N) is 2. The summed E-state index contributed by atoms with van der Waals surface area (Å²) in [5, 5.41) is 10.4. The molecule has 2 aromatic rings. The standard InChI is InChI=1S/C10H11N2O2/c1-12(6-7-13)10-11-8-4-2-3-5-9(8)14-10/h2-5H,6-7H2,1H3. The van der Waals surface area contributed by atoms with Crippen molar-refractivity contribution in [3.05, 3.63) is 24.3 Å². The number of rotatable bonds is 3. The molecule has 0 saturated carbocycles. The number of benzene rings is 1. The highest BCUT2D eigenvalue weighted by Gasteiger charge is 2.08. The molecule has 0 atom stereocenters. The number of anilines is 1. The Kier molecular flexibility index (Phi) is 2.37. The number of oxazole rings is 1. The minimum absolute atomic E-state index is 0.158. The molecule has 0 bridgehead atoms. The summed E-state index contributed by atoms with van der Waals surface area (Å²) in [6.07, 6.45) is 0. The number of para-hydroxylation sites is 2. The molecule has 0 aliphatic heterocycles. The predicted molar refractivity (Wildman–Crippen MR) is 52.8 cm³/mol. The normalized spacial score (nSPS) is 10.7. The van der Waals surface area contributed by atoms with Gasteiger partial charge >= 0.3 is 0 Å². The molecule has 14 heavy (non-hydrogen) atoms. The lowest BCUT2D eigenvalue weighted by Gasteiger charge is -2.10. The highest BCUT2D eigenvalue weighted by molar-refractivity contribution is 5.74. The molecule has 1 radical (unpaired) electrons. The van der Waals surface area contributed by atoms with E-state index in [1.165, 1.54) is 0 Å². The van der Waals surface area contributed by atoms with E-state index in [-0.39, 0.29) is 6.61 Å². The van der Waals surface area contributed by atoms with Crippen molar-refractivity contribution in [3.63, 3.8) is 0 Å². The Hall–Kier alpha value is -1.55. The molecule has 0 spiro atoms. The van der Waals surface area contributed by atoms with Crippen LogP contribution in [0.25, 0.3) is 11.1 Å². The average molecular weight is 191 g/mol. The van der Waals surface area contributed by atoms with Gasteiger partial charge in [0.1, 0.15) is 5.52 Å². The van der Waals surface area contributed by atoms with E-state index >= 15 is 0 Å². The van der Waals surface area contributed by atoms with Crippen LogP contribution in [0.5, 0.6) is 0 Å². The van der Waals surface area contributed by atoms with Crippen molar-refractivity contribution in [3.8, 4) is 0 Å². The molecule has 0 amide bonds. The maximum Gasteiger partial charge on any atom is 0.298 e. The zero-order valence-corrected chi connectivity index (χ0v) is 7.93. The highest BCUT2D eigenvalue weighted by Crippen LogP contribution is 2.20. The van der Waals surface area contributed by atoms with Crippen LogP contribution in [0.3, 0.4) is 0 Å². The van der Waals surface area contributed by atoms with Gasteiger partial charge in [-0.2, -0.15) is 4.98 Å². The van der Waals surface area contributed by atoms with Crippen molar-refractivity contribution in [2.75, 3.05) is 25.1 Å². The zero-order valence-electron chi connectivity index (χ0n) is 7.93. The lowest BCUT2D eigenvalue weighted by molar-refractivity contribution is 0.200. The van der Waals surface area contributed by atoms with E-state index in [0.29, 0.717) is 12.6 Å². The third-order valence-electron chi connectivity index (χ3n) is 2.04. The van der Waals surface area contributed by atoms with Crippen molar-refractivity contribution in [1.82, 2.24) is 4.98 Å². The first kappa shape index (κ1) is 9.02. The van der Waals surface area contributed by atoms with E-state index in [1.54, 1.807) is 11.9 Å². The summed E-state index contributed by atoms with van der Waals surface area (Å²) >= 11 is 0. The minimum Gasteiger partial charge on any atom is -0.423 e. The monoisotopic (exact) mass is 191 g/mol. The maximum atomic E-state index is 10.4. The molecular weight excluding hydrogens is 180 g/mol. The van der Waals surface area contributed by atoms with E-state index < -0.39 is 0 Å². The molecule has 1 aromatic carbocycles. The van der Waals surface area contributed by atoms with Crippen molar-refractivity contribution in [1.29, 1.82) is 0 Å². The van der Waals surface area contributed by atoms with Gasteiger partial charge in [0.2, 0.25) is 0 Å². The fraction of sp³-hybridized carbons (Fsp3) is 0.300. The minimum atomic E-state index is -0.158. The molecule has 0 aliphatic carbocycles. The number of aromatic nitrogens is 1. The first-order valence-electron chi connectivity index (χ1n) is 4.46. The summed E-state index contributed by atoms with van der Waals surface area (Å²) < 4.78 is 5.46. The molecule has 0 aliphatic rings. The quantitative estimate of drug-likeness (QED) is 0.741. The highest BCUT2D eigenvalue weighted by atomic mass is 16.4. The summed E-state index contributed by atoms with van der Waals surface area (Å²) in [4.78, 5) is 5.97. The van der Waals surface area contributed by atoms with Crippen molar-refractivity contribution < 1.29 is 9.52 Å². The van der Waals surface area contributed by atoms with Gasteiger partial charge in [-0.3, -0.25) is 0 Å². The molecule has 4 nitrogen and oxygen atoms in total. The lowest BCUT2D eigenvalue weighted by atomic mass is 10.3. The molecular formula is C10H11N2O2. The topological polar surface area (TPSA) is 49.2 Å². The van der Waals surface area contributed by atoms with Gasteiger partial charge in [0.05, 0.1) is 6.61 Å². The number of fused-ring (bicyclic) bond motifs is 1. The first-order valence-corrected chi connectivity index (χ1v) is 4.46. The summed E-state index contributed by atoms with van der Waals surface area (Å²) in [6, 6.07) is 8.04. The second kappa shape index (κ2) is 3.67. The van der Waals surface area contributed by atoms with E-state index in [4.69, 9.17) is 4.42 Å². The maximum absolute atomic E-state index is 10.4. The summed E-state index contributed by atoms with van der Waals surface area (Å²) in [5.74, 6) is 0. The molecule has 73 valence electrons. The van der Waals surface area contributed by atoms with Gasteiger partial charge in [0, 0.05) is 13.6 Å². The Balaban J connectivity index is 2.35. The van der Waals surface area contributed by atoms with Gasteiger partial charge in [0.25, 0.3) is 6.01 Å². The molecule has 0 saturated heterocycles. The van der Waals surface area contributed by atoms with E-state index in [9.17, 15) is 5.11 Å². The molecule has 0 fully saturated rings. The van der Waals surface area contributed by atoms with Gasteiger partial charge in [-0.25, -0.2) is 5.11 Å². The van der Waals surface area contributed by atoms with Crippen molar-refractivity contribution >= 4 is 17.1 Å². The Labute approximate surface area is 81.8 Å². The van der Waals surface area contributed by atoms with Gasteiger partial charge < -0.3 is 9.32 Å². The molecule has 1 aromatic heterocycles. The third-order valence-corrected chi connectivity index (χ3v) is 2.04. The Morgan fingerprint density at radius 1 is 1.43 bits per heavy atom. The van der Waals surface area contributed by atoms with Crippen molar-refractivity contribution in [2.45, 2.75) is 0 Å². The third kappa shape index (κ3) is 1.56. The van der Waals surface area contributed by atoms with Crippen LogP contribution in [0.4, 0.5) is 6.01 Å². The fourth-order valence-corrected chi connectivity index (χ4v) is 1.26. The summed E-state index contributed by atoms with van der Waals surface area (Å²) in [7, 11) is 1.79. The zero-order chi connectivity index (χ0) is 9.97. The van der Waals surface area contributed by atoms with Crippen LogP contribution in [0, 0.1) is 0 Å². The summed E-state index contributed by atoms with van der Waals surface area (Å²) in [6.45, 7) is 0.252. The molecule has 1 heterocycles. The van der Waals surface area contributed by atoms with Crippen LogP contribution in [0.1, 0.15) is 0 Å². The van der Waals surface area contributed by atoms with Gasteiger partial charge in [-0.1, -0.05) is 12.1 Å². The van der Waals surface area contributed by atoms with Crippen LogP contribution in [-0.4, -0.2) is 25.2 Å². The van der Waals surface area contributed by atoms with Crippen LogP contribution >= 0.6 is 0 Å². The predicted octanol–water partition coefficient (Wildman–Crippen LogP) is 1.69. The van der Waals surface area contributed by atoms with E-state index in [1.807, 2.05) is 24.3 Å². The Bertz CT molecular complexity index is 392. The number of likely N-dealkylation sites (N-methyl/N-ethyl adjacent to an activating group) is 1. The molecule has 2 rings (SSSR count). The van der Waals surface area contributed by atoms with E-state index in [0.717, 1.165) is 11.1 Å². The first-order chi connectivity index (χ1) is 6.81. The van der Waals surface area contributed by atoms with Gasteiger partial charge in [0.15, 0.2) is 5.58 Å². The Morgan fingerprint density at radius 2 is 2.21 bits per heavy atom. The van der Waals surface area contributed by atoms with E-state index in [2.05, 4.69) is 4.98 Å². The smallest absolute Gasteiger partial charge is 0.298 e. The fourth-order valence-electron chi connectivity index (χ4n) is 1.26. The Morgan fingerprint density at radius 3 is 2.93 bits per heavy atom. The van der Waals surface area contributed by atoms with Crippen LogP contribution in [-0.2, 0) is 5.11 Å². The van der Waals surface area contributed by atoms with Crippen molar-refractivity contribution in [2.24, 2.45) is 0 Å².